The normalized spacial score (nSPS) is 22.3. The van der Waals surface area contributed by atoms with Gasteiger partial charge in [0, 0.05) is 12.6 Å². The molecule has 19 heavy (non-hydrogen) atoms. The lowest BCUT2D eigenvalue weighted by atomic mass is 9.96. The minimum atomic E-state index is -0.538. The van der Waals surface area contributed by atoms with Crippen molar-refractivity contribution in [3.8, 4) is 0 Å². The van der Waals surface area contributed by atoms with Crippen LogP contribution >= 0.6 is 0 Å². The minimum absolute atomic E-state index is 0.157. The van der Waals surface area contributed by atoms with Crippen LogP contribution in [0.1, 0.15) is 45.4 Å². The molecule has 0 aromatic heterocycles. The van der Waals surface area contributed by atoms with Gasteiger partial charge in [-0.1, -0.05) is 0 Å². The number of hydrogen-bond donors (Lipinski definition) is 1. The highest BCUT2D eigenvalue weighted by molar-refractivity contribution is 5.80. The fraction of sp³-hybridized carbons (Fsp3) is 0.933. The van der Waals surface area contributed by atoms with Gasteiger partial charge in [-0.2, -0.15) is 0 Å². The highest BCUT2D eigenvalue weighted by Crippen LogP contribution is 2.35. The van der Waals surface area contributed by atoms with Gasteiger partial charge in [0.15, 0.2) is 0 Å². The Kier molecular flexibility index (Phi) is 4.85. The van der Waals surface area contributed by atoms with E-state index in [9.17, 15) is 4.79 Å². The average Bonchev–Trinajstić information content (AvgIpc) is 3.28. The summed E-state index contributed by atoms with van der Waals surface area (Å²) in [6, 6.07) is 0.833. The highest BCUT2D eigenvalue weighted by Gasteiger charge is 2.35. The summed E-state index contributed by atoms with van der Waals surface area (Å²) < 4.78 is 4.88. The molecule has 0 radical (unpaired) electrons. The Hall–Kier alpha value is -0.610. The Morgan fingerprint density at radius 3 is 2.53 bits per heavy atom. The van der Waals surface area contributed by atoms with Gasteiger partial charge in [0.05, 0.1) is 7.11 Å². The average molecular weight is 268 g/mol. The lowest BCUT2D eigenvalue weighted by Crippen LogP contribution is -2.48. The summed E-state index contributed by atoms with van der Waals surface area (Å²) in [5.74, 6) is 0.798. The number of nitrogens with zero attached hydrogens (tertiary/aromatic N) is 1. The Balaban J connectivity index is 1.74. The molecule has 1 atom stereocenters. The molecule has 4 heteroatoms. The fourth-order valence-electron chi connectivity index (χ4n) is 2.68. The third-order valence-corrected chi connectivity index (χ3v) is 4.56. The van der Waals surface area contributed by atoms with Crippen molar-refractivity contribution in [3.63, 3.8) is 0 Å². The topological polar surface area (TPSA) is 41.6 Å². The number of rotatable bonds is 9. The van der Waals surface area contributed by atoms with E-state index in [4.69, 9.17) is 4.74 Å². The van der Waals surface area contributed by atoms with E-state index in [-0.39, 0.29) is 5.97 Å². The van der Waals surface area contributed by atoms with Gasteiger partial charge in [-0.3, -0.25) is 4.79 Å². The zero-order valence-corrected chi connectivity index (χ0v) is 12.6. The molecule has 2 rings (SSSR count). The molecule has 0 spiro atoms. The molecule has 2 saturated carbocycles. The van der Waals surface area contributed by atoms with Gasteiger partial charge in [-0.15, -0.1) is 0 Å². The minimum Gasteiger partial charge on any atom is -0.468 e. The van der Waals surface area contributed by atoms with Gasteiger partial charge in [-0.05, 0) is 65.0 Å². The first-order valence-corrected chi connectivity index (χ1v) is 7.60. The summed E-state index contributed by atoms with van der Waals surface area (Å²) in [5, 5.41) is 3.11. The van der Waals surface area contributed by atoms with Crippen LogP contribution in [0.2, 0.25) is 0 Å². The summed E-state index contributed by atoms with van der Waals surface area (Å²) in [7, 11) is 3.29. The number of hydrogen-bond acceptors (Lipinski definition) is 4. The number of likely N-dealkylation sites (N-methyl/N-ethyl adjacent to an activating group) is 1. The van der Waals surface area contributed by atoms with Gasteiger partial charge in [-0.25, -0.2) is 0 Å². The van der Waals surface area contributed by atoms with Crippen molar-refractivity contribution >= 4 is 5.97 Å². The van der Waals surface area contributed by atoms with Crippen LogP contribution in [-0.2, 0) is 9.53 Å². The van der Waals surface area contributed by atoms with E-state index < -0.39 is 5.54 Å². The quantitative estimate of drug-likeness (QED) is 0.647. The molecule has 0 heterocycles. The molecule has 2 fully saturated rings. The summed E-state index contributed by atoms with van der Waals surface area (Å²) in [5.41, 5.74) is -0.538. The largest absolute Gasteiger partial charge is 0.468 e. The van der Waals surface area contributed by atoms with Crippen LogP contribution in [0.4, 0.5) is 0 Å². The van der Waals surface area contributed by atoms with Gasteiger partial charge >= 0.3 is 5.97 Å². The standard InChI is InChI=1S/C15H28N2O2/c1-15(16-2,14(18)19-3)9-4-10-17(13-7-8-13)11-12-5-6-12/h12-13,16H,4-11H2,1-3H3. The fourth-order valence-corrected chi connectivity index (χ4v) is 2.68. The number of nitrogens with one attached hydrogen (secondary N) is 1. The Bertz CT molecular complexity index is 313. The second-order valence-electron chi connectivity index (χ2n) is 6.35. The molecule has 0 amide bonds. The predicted molar refractivity (Wildman–Crippen MR) is 76.0 cm³/mol. The number of carbonyl (C=O) groups excluding carboxylic acids is 1. The monoisotopic (exact) mass is 268 g/mol. The summed E-state index contributed by atoms with van der Waals surface area (Å²) in [6.07, 6.45) is 7.46. The maximum absolute atomic E-state index is 11.8. The van der Waals surface area contributed by atoms with Crippen LogP contribution in [0, 0.1) is 5.92 Å². The summed E-state index contributed by atoms with van der Waals surface area (Å²) >= 11 is 0. The van der Waals surface area contributed by atoms with Gasteiger partial charge in [0.1, 0.15) is 5.54 Å². The number of methoxy groups -OCH3 is 1. The van der Waals surface area contributed by atoms with Crippen molar-refractivity contribution in [2.75, 3.05) is 27.2 Å². The van der Waals surface area contributed by atoms with Crippen molar-refractivity contribution < 1.29 is 9.53 Å². The van der Waals surface area contributed by atoms with E-state index in [0.29, 0.717) is 0 Å². The van der Waals surface area contributed by atoms with E-state index in [2.05, 4.69) is 10.2 Å². The lowest BCUT2D eigenvalue weighted by Gasteiger charge is -2.28. The molecule has 110 valence electrons. The second-order valence-corrected chi connectivity index (χ2v) is 6.35. The molecule has 2 aliphatic rings. The molecule has 0 aromatic rings. The molecule has 2 aliphatic carbocycles. The molecular formula is C15H28N2O2. The molecule has 1 N–H and O–H groups in total. The van der Waals surface area contributed by atoms with Crippen LogP contribution in [-0.4, -0.2) is 49.7 Å². The molecule has 0 aliphatic heterocycles. The van der Waals surface area contributed by atoms with Gasteiger partial charge < -0.3 is 15.0 Å². The van der Waals surface area contributed by atoms with E-state index in [1.165, 1.54) is 39.3 Å². The van der Waals surface area contributed by atoms with Crippen LogP contribution < -0.4 is 5.32 Å². The smallest absolute Gasteiger partial charge is 0.325 e. The predicted octanol–water partition coefficient (Wildman–Crippen LogP) is 1.79. The highest BCUT2D eigenvalue weighted by atomic mass is 16.5. The number of carbonyl (C=O) groups is 1. The lowest BCUT2D eigenvalue weighted by molar-refractivity contribution is -0.148. The van der Waals surface area contributed by atoms with Crippen molar-refractivity contribution in [1.82, 2.24) is 10.2 Å². The summed E-state index contributed by atoms with van der Waals surface area (Å²) in [4.78, 5) is 14.4. The first-order valence-electron chi connectivity index (χ1n) is 7.60. The van der Waals surface area contributed by atoms with E-state index in [1.54, 1.807) is 0 Å². The van der Waals surface area contributed by atoms with Crippen molar-refractivity contribution in [1.29, 1.82) is 0 Å². The maximum atomic E-state index is 11.8. The van der Waals surface area contributed by atoms with E-state index in [0.717, 1.165) is 31.3 Å². The number of esters is 1. The van der Waals surface area contributed by atoms with Crippen molar-refractivity contribution in [2.24, 2.45) is 5.92 Å². The zero-order valence-electron chi connectivity index (χ0n) is 12.6. The van der Waals surface area contributed by atoms with Gasteiger partial charge in [0.25, 0.3) is 0 Å². The van der Waals surface area contributed by atoms with Gasteiger partial charge in [0.2, 0.25) is 0 Å². The molecular weight excluding hydrogens is 240 g/mol. The molecule has 4 nitrogen and oxygen atoms in total. The van der Waals surface area contributed by atoms with Crippen LogP contribution in [0.15, 0.2) is 0 Å². The van der Waals surface area contributed by atoms with Crippen LogP contribution in [0.3, 0.4) is 0 Å². The molecule has 0 aromatic carbocycles. The first-order chi connectivity index (χ1) is 9.09. The SMILES string of the molecule is CNC(C)(CCCN(CC1CC1)C1CC1)C(=O)OC. The molecule has 1 unspecified atom stereocenters. The first kappa shape index (κ1) is 14.8. The molecule has 0 saturated heterocycles. The molecule has 0 bridgehead atoms. The van der Waals surface area contributed by atoms with Crippen molar-refractivity contribution in [3.05, 3.63) is 0 Å². The van der Waals surface area contributed by atoms with Crippen LogP contribution in [0.25, 0.3) is 0 Å². The van der Waals surface area contributed by atoms with Crippen LogP contribution in [0.5, 0.6) is 0 Å². The Morgan fingerprint density at radius 1 is 1.37 bits per heavy atom. The van der Waals surface area contributed by atoms with E-state index in [1.807, 2.05) is 14.0 Å². The third-order valence-electron chi connectivity index (χ3n) is 4.56. The number of ether oxygens (including phenoxy) is 1. The maximum Gasteiger partial charge on any atom is 0.325 e. The zero-order chi connectivity index (χ0) is 13.9. The van der Waals surface area contributed by atoms with Crippen molar-refractivity contribution in [2.45, 2.75) is 57.0 Å². The Morgan fingerprint density at radius 2 is 2.05 bits per heavy atom. The third kappa shape index (κ3) is 4.18. The van der Waals surface area contributed by atoms with E-state index >= 15 is 0 Å². The Labute approximate surface area is 116 Å². The summed E-state index contributed by atoms with van der Waals surface area (Å²) in [6.45, 7) is 4.33. The second kappa shape index (κ2) is 6.23.